The molecule has 6 heteroatoms. The summed E-state index contributed by atoms with van der Waals surface area (Å²) in [6, 6.07) is 2.14. The van der Waals surface area contributed by atoms with Crippen molar-refractivity contribution in [3.63, 3.8) is 0 Å². The highest BCUT2D eigenvalue weighted by Crippen LogP contribution is 2.38. The molecule has 0 bridgehead atoms. The fourth-order valence-electron chi connectivity index (χ4n) is 2.16. The van der Waals surface area contributed by atoms with Crippen LogP contribution in [0.15, 0.2) is 0 Å². The molecule has 0 saturated carbocycles. The molecule has 1 atom stereocenters. The number of nitriles is 1. The average molecular weight is 278 g/mol. The predicted molar refractivity (Wildman–Crippen MR) is 71.0 cm³/mol. The SMILES string of the molecule is COC(=O)C1CC(=O)N(c2sc(C)c(C)c2C#N)C1. The standard InChI is InChI=1S/C13H14N2O3S/c1-7-8(2)19-12(10(7)5-14)15-6-9(4-11(15)16)13(17)18-3/h9H,4,6H2,1-3H3. The highest BCUT2D eigenvalue weighted by atomic mass is 32.1. The predicted octanol–water partition coefficient (Wildman–Crippen LogP) is 1.76. The van der Waals surface area contributed by atoms with Crippen LogP contribution in [-0.4, -0.2) is 25.5 Å². The van der Waals surface area contributed by atoms with Gasteiger partial charge >= 0.3 is 5.97 Å². The monoisotopic (exact) mass is 278 g/mol. The Balaban J connectivity index is 2.34. The molecule has 0 aromatic carbocycles. The van der Waals surface area contributed by atoms with Crippen LogP contribution in [0.3, 0.4) is 0 Å². The summed E-state index contributed by atoms with van der Waals surface area (Å²) in [4.78, 5) is 26.1. The maximum absolute atomic E-state index is 12.0. The number of thiophene rings is 1. The van der Waals surface area contributed by atoms with Crippen molar-refractivity contribution in [3.8, 4) is 6.07 Å². The number of anilines is 1. The van der Waals surface area contributed by atoms with E-state index in [4.69, 9.17) is 0 Å². The summed E-state index contributed by atoms with van der Waals surface area (Å²) in [6.07, 6.45) is 0.146. The smallest absolute Gasteiger partial charge is 0.311 e. The zero-order valence-corrected chi connectivity index (χ0v) is 11.8. The second-order valence-corrected chi connectivity index (χ2v) is 5.71. The van der Waals surface area contributed by atoms with E-state index in [1.807, 2.05) is 13.8 Å². The molecule has 1 amide bonds. The maximum Gasteiger partial charge on any atom is 0.311 e. The summed E-state index contributed by atoms with van der Waals surface area (Å²) in [6.45, 7) is 4.08. The van der Waals surface area contributed by atoms with Gasteiger partial charge in [-0.05, 0) is 19.4 Å². The molecular weight excluding hydrogens is 264 g/mol. The lowest BCUT2D eigenvalue weighted by Gasteiger charge is -2.14. The number of methoxy groups -OCH3 is 1. The molecule has 0 radical (unpaired) electrons. The number of hydrogen-bond acceptors (Lipinski definition) is 5. The van der Waals surface area contributed by atoms with Crippen LogP contribution in [0.4, 0.5) is 5.00 Å². The van der Waals surface area contributed by atoms with Crippen molar-refractivity contribution in [3.05, 3.63) is 16.0 Å². The first-order valence-corrected chi connectivity index (χ1v) is 6.69. The first kappa shape index (κ1) is 13.6. The van der Waals surface area contributed by atoms with Gasteiger partial charge in [0.05, 0.1) is 18.6 Å². The number of esters is 1. The molecule has 2 rings (SSSR count). The summed E-state index contributed by atoms with van der Waals surface area (Å²) >= 11 is 1.42. The van der Waals surface area contributed by atoms with E-state index in [1.54, 1.807) is 0 Å². The number of ether oxygens (including phenoxy) is 1. The zero-order valence-electron chi connectivity index (χ0n) is 11.0. The van der Waals surface area contributed by atoms with Crippen molar-refractivity contribution in [1.82, 2.24) is 0 Å². The third kappa shape index (κ3) is 2.22. The molecule has 100 valence electrons. The summed E-state index contributed by atoms with van der Waals surface area (Å²) in [5, 5.41) is 9.85. The summed E-state index contributed by atoms with van der Waals surface area (Å²) < 4.78 is 4.67. The summed E-state index contributed by atoms with van der Waals surface area (Å²) in [7, 11) is 1.32. The van der Waals surface area contributed by atoms with Gasteiger partial charge in [-0.25, -0.2) is 0 Å². The second-order valence-electron chi connectivity index (χ2n) is 4.50. The third-order valence-electron chi connectivity index (χ3n) is 3.38. The largest absolute Gasteiger partial charge is 0.469 e. The van der Waals surface area contributed by atoms with E-state index in [2.05, 4.69) is 10.8 Å². The first-order chi connectivity index (χ1) is 8.99. The summed E-state index contributed by atoms with van der Waals surface area (Å²) in [5.41, 5.74) is 1.43. The lowest BCUT2D eigenvalue weighted by atomic mass is 10.1. The van der Waals surface area contributed by atoms with Crippen molar-refractivity contribution < 1.29 is 14.3 Å². The Hall–Kier alpha value is -1.87. The highest BCUT2D eigenvalue weighted by Gasteiger charge is 2.37. The molecule has 1 saturated heterocycles. The van der Waals surface area contributed by atoms with Crippen LogP contribution in [0.25, 0.3) is 0 Å². The number of aryl methyl sites for hydroxylation is 1. The Labute approximate surface area is 115 Å². The molecule has 0 spiro atoms. The minimum absolute atomic E-state index is 0.131. The number of hydrogen-bond donors (Lipinski definition) is 0. The molecular formula is C13H14N2O3S. The van der Waals surface area contributed by atoms with Gasteiger partial charge in [0, 0.05) is 17.8 Å². The minimum Gasteiger partial charge on any atom is -0.469 e. The first-order valence-electron chi connectivity index (χ1n) is 5.87. The molecule has 1 aliphatic rings. The normalized spacial score (nSPS) is 18.5. The van der Waals surface area contributed by atoms with Gasteiger partial charge in [-0.15, -0.1) is 11.3 Å². The third-order valence-corrected chi connectivity index (χ3v) is 4.61. The molecule has 1 aromatic rings. The minimum atomic E-state index is -0.438. The van der Waals surface area contributed by atoms with Gasteiger partial charge in [-0.1, -0.05) is 0 Å². The molecule has 5 nitrogen and oxygen atoms in total. The number of carbonyl (C=O) groups excluding carboxylic acids is 2. The number of rotatable bonds is 2. The maximum atomic E-state index is 12.0. The van der Waals surface area contributed by atoms with Crippen molar-refractivity contribution in [2.75, 3.05) is 18.6 Å². The van der Waals surface area contributed by atoms with Crippen LogP contribution in [0.2, 0.25) is 0 Å². The van der Waals surface area contributed by atoms with Crippen LogP contribution in [-0.2, 0) is 14.3 Å². The number of nitrogens with zero attached hydrogens (tertiary/aromatic N) is 2. The molecule has 0 N–H and O–H groups in total. The topological polar surface area (TPSA) is 70.4 Å². The van der Waals surface area contributed by atoms with E-state index in [0.717, 1.165) is 10.4 Å². The van der Waals surface area contributed by atoms with Gasteiger partial charge in [0.25, 0.3) is 0 Å². The number of carbonyl (C=O) groups is 2. The van der Waals surface area contributed by atoms with Crippen molar-refractivity contribution in [1.29, 1.82) is 5.26 Å². The molecule has 19 heavy (non-hydrogen) atoms. The number of amides is 1. The van der Waals surface area contributed by atoms with E-state index in [-0.39, 0.29) is 18.3 Å². The highest BCUT2D eigenvalue weighted by molar-refractivity contribution is 7.16. The van der Waals surface area contributed by atoms with Gasteiger partial charge in [-0.3, -0.25) is 9.59 Å². The van der Waals surface area contributed by atoms with E-state index in [9.17, 15) is 14.9 Å². The quantitative estimate of drug-likeness (QED) is 0.773. The lowest BCUT2D eigenvalue weighted by molar-refractivity contribution is -0.145. The van der Waals surface area contributed by atoms with E-state index >= 15 is 0 Å². The van der Waals surface area contributed by atoms with Crippen LogP contribution < -0.4 is 4.90 Å². The van der Waals surface area contributed by atoms with Crippen molar-refractivity contribution in [2.24, 2.45) is 5.92 Å². The van der Waals surface area contributed by atoms with Crippen LogP contribution in [0.1, 0.15) is 22.4 Å². The Kier molecular flexibility index (Phi) is 3.58. The van der Waals surface area contributed by atoms with Gasteiger partial charge in [0.15, 0.2) is 0 Å². The lowest BCUT2D eigenvalue weighted by Crippen LogP contribution is -2.26. The zero-order chi connectivity index (χ0) is 14.2. The van der Waals surface area contributed by atoms with Gasteiger partial charge in [0.2, 0.25) is 5.91 Å². The van der Waals surface area contributed by atoms with E-state index < -0.39 is 5.92 Å². The molecule has 1 aliphatic heterocycles. The Bertz CT molecular complexity index is 585. The molecule has 1 aromatic heterocycles. The fraction of sp³-hybridized carbons (Fsp3) is 0.462. The van der Waals surface area contributed by atoms with Gasteiger partial charge in [-0.2, -0.15) is 5.26 Å². The molecule has 0 aliphatic carbocycles. The van der Waals surface area contributed by atoms with Crippen molar-refractivity contribution in [2.45, 2.75) is 20.3 Å². The molecule has 1 fully saturated rings. The van der Waals surface area contributed by atoms with Gasteiger partial charge in [0.1, 0.15) is 11.1 Å². The molecule has 2 heterocycles. The van der Waals surface area contributed by atoms with E-state index in [1.165, 1.54) is 23.3 Å². The Morgan fingerprint density at radius 3 is 2.79 bits per heavy atom. The second kappa shape index (κ2) is 5.02. The van der Waals surface area contributed by atoms with Crippen LogP contribution in [0, 0.1) is 31.1 Å². The molecule has 1 unspecified atom stereocenters. The van der Waals surface area contributed by atoms with Crippen LogP contribution >= 0.6 is 11.3 Å². The fourth-order valence-corrected chi connectivity index (χ4v) is 3.29. The van der Waals surface area contributed by atoms with Crippen LogP contribution in [0.5, 0.6) is 0 Å². The average Bonchev–Trinajstić information content (AvgIpc) is 2.90. The van der Waals surface area contributed by atoms with E-state index in [0.29, 0.717) is 17.1 Å². The van der Waals surface area contributed by atoms with Gasteiger partial charge < -0.3 is 9.64 Å². The Morgan fingerprint density at radius 2 is 2.21 bits per heavy atom. The Morgan fingerprint density at radius 1 is 1.53 bits per heavy atom. The summed E-state index contributed by atoms with van der Waals surface area (Å²) in [5.74, 6) is -0.945. The van der Waals surface area contributed by atoms with Crippen molar-refractivity contribution >= 4 is 28.2 Å².